The van der Waals surface area contributed by atoms with Gasteiger partial charge in [-0.25, -0.2) is 0 Å². The van der Waals surface area contributed by atoms with Crippen LogP contribution in [0.1, 0.15) is 52.5 Å². The molecule has 1 aromatic carbocycles. The molecule has 7 heteroatoms. The van der Waals surface area contributed by atoms with Crippen LogP contribution in [0.15, 0.2) is 35.7 Å². The molecular weight excluding hydrogens is 382 g/mol. The van der Waals surface area contributed by atoms with E-state index in [1.54, 1.807) is 6.07 Å². The molecule has 0 bridgehead atoms. The third kappa shape index (κ3) is 4.89. The topological polar surface area (TPSA) is 75.4 Å². The summed E-state index contributed by atoms with van der Waals surface area (Å²) in [7, 11) is 0. The van der Waals surface area contributed by atoms with Crippen LogP contribution in [0.4, 0.5) is 5.00 Å². The second-order valence-electron chi connectivity index (χ2n) is 7.04. The lowest BCUT2D eigenvalue weighted by Crippen LogP contribution is -2.30. The van der Waals surface area contributed by atoms with Crippen molar-refractivity contribution >= 4 is 40.6 Å². The van der Waals surface area contributed by atoms with Gasteiger partial charge in [-0.1, -0.05) is 26.0 Å². The normalized spacial score (nSPS) is 16.3. The zero-order valence-corrected chi connectivity index (χ0v) is 17.2. The van der Waals surface area contributed by atoms with Crippen molar-refractivity contribution in [1.29, 1.82) is 0 Å². The highest BCUT2D eigenvalue weighted by Crippen LogP contribution is 2.27. The zero-order valence-electron chi connectivity index (χ0n) is 15.6. The zero-order chi connectivity index (χ0) is 18.7. The van der Waals surface area contributed by atoms with Gasteiger partial charge in [-0.3, -0.25) is 9.59 Å². The van der Waals surface area contributed by atoms with Crippen molar-refractivity contribution in [3.8, 4) is 0 Å². The van der Waals surface area contributed by atoms with Gasteiger partial charge < -0.3 is 16.0 Å². The van der Waals surface area contributed by atoms with Gasteiger partial charge in [0, 0.05) is 18.7 Å². The first-order valence-corrected chi connectivity index (χ1v) is 9.85. The maximum atomic E-state index is 12.8. The lowest BCUT2D eigenvalue weighted by molar-refractivity contribution is 0.0789. The number of hydrogen-bond acceptors (Lipinski definition) is 4. The molecule has 27 heavy (non-hydrogen) atoms. The maximum Gasteiger partial charge on any atom is 0.256 e. The molecule has 2 amide bonds. The predicted molar refractivity (Wildman–Crippen MR) is 113 cm³/mol. The molecule has 1 fully saturated rings. The van der Waals surface area contributed by atoms with Crippen molar-refractivity contribution in [1.82, 2.24) is 4.90 Å². The Kier molecular flexibility index (Phi) is 7.41. The molecule has 1 aromatic heterocycles. The Labute approximate surface area is 170 Å². The Bertz CT molecular complexity index is 789. The molecule has 1 atom stereocenters. The van der Waals surface area contributed by atoms with Crippen LogP contribution < -0.4 is 11.1 Å². The average molecular weight is 408 g/mol. The minimum Gasteiger partial charge on any atom is -0.338 e. The minimum atomic E-state index is -0.196. The van der Waals surface area contributed by atoms with E-state index in [0.29, 0.717) is 41.1 Å². The van der Waals surface area contributed by atoms with Crippen molar-refractivity contribution in [2.75, 3.05) is 25.0 Å². The molecule has 3 rings (SSSR count). The second kappa shape index (κ2) is 9.35. The van der Waals surface area contributed by atoms with Crippen molar-refractivity contribution in [2.45, 2.75) is 26.2 Å². The third-order valence-corrected chi connectivity index (χ3v) is 5.70. The Hall–Kier alpha value is -1.89. The number of nitrogens with two attached hydrogens (primary N) is 1. The van der Waals surface area contributed by atoms with Gasteiger partial charge in [0.1, 0.15) is 5.00 Å². The van der Waals surface area contributed by atoms with E-state index in [1.165, 1.54) is 16.9 Å². The van der Waals surface area contributed by atoms with E-state index in [9.17, 15) is 9.59 Å². The molecule has 0 spiro atoms. The van der Waals surface area contributed by atoms with E-state index in [0.717, 1.165) is 13.0 Å². The molecule has 1 saturated heterocycles. The Morgan fingerprint density at radius 2 is 1.96 bits per heavy atom. The molecule has 0 aliphatic carbocycles. The van der Waals surface area contributed by atoms with Gasteiger partial charge >= 0.3 is 0 Å². The van der Waals surface area contributed by atoms with Gasteiger partial charge in [0.05, 0.1) is 5.56 Å². The summed E-state index contributed by atoms with van der Waals surface area (Å²) >= 11 is 1.37. The van der Waals surface area contributed by atoms with Crippen LogP contribution in [0.5, 0.6) is 0 Å². The summed E-state index contributed by atoms with van der Waals surface area (Å²) in [4.78, 5) is 27.1. The van der Waals surface area contributed by atoms with E-state index in [-0.39, 0.29) is 24.2 Å². The van der Waals surface area contributed by atoms with Gasteiger partial charge in [0.2, 0.25) is 0 Å². The highest BCUT2D eigenvalue weighted by molar-refractivity contribution is 7.14. The van der Waals surface area contributed by atoms with Crippen LogP contribution >= 0.6 is 23.7 Å². The van der Waals surface area contributed by atoms with Crippen LogP contribution in [0.2, 0.25) is 0 Å². The van der Waals surface area contributed by atoms with Crippen LogP contribution in [0, 0.1) is 5.92 Å². The number of carbonyl (C=O) groups is 2. The number of amides is 2. The lowest BCUT2D eigenvalue weighted by atomic mass is 10.0. The summed E-state index contributed by atoms with van der Waals surface area (Å²) < 4.78 is 0. The number of halogens is 1. The smallest absolute Gasteiger partial charge is 0.256 e. The van der Waals surface area contributed by atoms with Crippen molar-refractivity contribution < 1.29 is 9.59 Å². The van der Waals surface area contributed by atoms with Gasteiger partial charge in [-0.2, -0.15) is 0 Å². The molecule has 1 aliphatic rings. The highest BCUT2D eigenvalue weighted by atomic mass is 35.5. The monoisotopic (exact) mass is 407 g/mol. The number of anilines is 1. The first-order valence-electron chi connectivity index (χ1n) is 8.97. The van der Waals surface area contributed by atoms with E-state index >= 15 is 0 Å². The molecule has 2 aromatic rings. The average Bonchev–Trinajstić information content (AvgIpc) is 3.30. The van der Waals surface area contributed by atoms with Crippen LogP contribution in [-0.2, 0) is 0 Å². The van der Waals surface area contributed by atoms with E-state index < -0.39 is 0 Å². The SMILES string of the molecule is CC(C)c1ccc(C(=O)Nc2sccc2C(=O)N2CCC(CN)C2)cc1.Cl. The standard InChI is InChI=1S/C20H25N3O2S.ClH/c1-13(2)15-3-5-16(6-4-15)18(24)22-19-17(8-10-26-19)20(25)23-9-7-14(11-21)12-23;/h3-6,8,10,13-14H,7,9,11-12,21H2,1-2H3,(H,22,24);1H. The largest absolute Gasteiger partial charge is 0.338 e. The van der Waals surface area contributed by atoms with Crippen molar-refractivity contribution in [2.24, 2.45) is 11.7 Å². The van der Waals surface area contributed by atoms with Gasteiger partial charge in [-0.05, 0) is 53.9 Å². The number of benzene rings is 1. The molecule has 3 N–H and O–H groups in total. The summed E-state index contributed by atoms with van der Waals surface area (Å²) in [5, 5.41) is 5.33. The lowest BCUT2D eigenvalue weighted by Gasteiger charge is -2.16. The number of thiophene rings is 1. The number of likely N-dealkylation sites (tertiary alicyclic amines) is 1. The predicted octanol–water partition coefficient (Wildman–Crippen LogP) is 3.97. The number of nitrogens with one attached hydrogen (secondary N) is 1. The molecule has 1 unspecified atom stereocenters. The number of rotatable bonds is 5. The fourth-order valence-corrected chi connectivity index (χ4v) is 3.92. The maximum absolute atomic E-state index is 12.8. The molecule has 1 aliphatic heterocycles. The molecule has 5 nitrogen and oxygen atoms in total. The Morgan fingerprint density at radius 1 is 1.26 bits per heavy atom. The van der Waals surface area contributed by atoms with Crippen LogP contribution in [0.25, 0.3) is 0 Å². The number of carbonyl (C=O) groups excluding carboxylic acids is 2. The van der Waals surface area contributed by atoms with E-state index in [1.807, 2.05) is 34.5 Å². The van der Waals surface area contributed by atoms with Crippen LogP contribution in [-0.4, -0.2) is 36.3 Å². The molecule has 0 saturated carbocycles. The highest BCUT2D eigenvalue weighted by Gasteiger charge is 2.28. The number of hydrogen-bond donors (Lipinski definition) is 2. The summed E-state index contributed by atoms with van der Waals surface area (Å²) in [5.41, 5.74) is 8.05. The third-order valence-electron chi connectivity index (χ3n) is 4.87. The Morgan fingerprint density at radius 3 is 2.56 bits per heavy atom. The van der Waals surface area contributed by atoms with Gasteiger partial charge in [0.25, 0.3) is 11.8 Å². The fraction of sp³-hybridized carbons (Fsp3) is 0.400. The summed E-state index contributed by atoms with van der Waals surface area (Å²) in [6.45, 7) is 6.25. The first-order chi connectivity index (χ1) is 12.5. The minimum absolute atomic E-state index is 0. The summed E-state index contributed by atoms with van der Waals surface area (Å²) in [5.74, 6) is 0.562. The van der Waals surface area contributed by atoms with Crippen molar-refractivity contribution in [3.05, 3.63) is 52.4 Å². The fourth-order valence-electron chi connectivity index (χ4n) is 3.15. The molecule has 146 valence electrons. The second-order valence-corrected chi connectivity index (χ2v) is 7.95. The van der Waals surface area contributed by atoms with E-state index in [2.05, 4.69) is 19.2 Å². The Balaban J connectivity index is 0.00000261. The van der Waals surface area contributed by atoms with Gasteiger partial charge in [-0.15, -0.1) is 23.7 Å². The van der Waals surface area contributed by atoms with Crippen molar-refractivity contribution in [3.63, 3.8) is 0 Å². The van der Waals surface area contributed by atoms with Crippen LogP contribution in [0.3, 0.4) is 0 Å². The molecular formula is C20H26ClN3O2S. The molecule has 2 heterocycles. The molecule has 0 radical (unpaired) electrons. The van der Waals surface area contributed by atoms with E-state index in [4.69, 9.17) is 5.73 Å². The first kappa shape index (κ1) is 21.4. The summed E-state index contributed by atoms with van der Waals surface area (Å²) in [6.07, 6.45) is 0.941. The number of nitrogens with zero attached hydrogens (tertiary/aromatic N) is 1. The summed E-state index contributed by atoms with van der Waals surface area (Å²) in [6, 6.07) is 9.37. The van der Waals surface area contributed by atoms with Gasteiger partial charge in [0.15, 0.2) is 0 Å². The quantitative estimate of drug-likeness (QED) is 0.787.